The van der Waals surface area contributed by atoms with Gasteiger partial charge in [-0.05, 0) is 56.0 Å². The molecule has 6 heteroatoms. The van der Waals surface area contributed by atoms with Crippen LogP contribution in [0.1, 0.15) is 61.2 Å². The highest BCUT2D eigenvalue weighted by molar-refractivity contribution is 5.77. The number of carboxylic acids is 1. The number of benzene rings is 1. The van der Waals surface area contributed by atoms with Crippen LogP contribution in [0, 0.1) is 6.92 Å². The second-order valence-electron chi connectivity index (χ2n) is 7.25. The molecule has 0 spiro atoms. The zero-order valence-corrected chi connectivity index (χ0v) is 16.7. The van der Waals surface area contributed by atoms with Crippen LogP contribution >= 0.6 is 0 Å². The molecule has 1 unspecified atom stereocenters. The van der Waals surface area contributed by atoms with E-state index >= 15 is 0 Å². The number of nitrogens with one attached hydrogen (secondary N) is 1. The lowest BCUT2D eigenvalue weighted by Gasteiger charge is -2.29. The van der Waals surface area contributed by atoms with Crippen molar-refractivity contribution in [1.82, 2.24) is 10.3 Å². The minimum absolute atomic E-state index is 0.135. The molecule has 0 fully saturated rings. The van der Waals surface area contributed by atoms with Crippen LogP contribution in [0.25, 0.3) is 6.08 Å². The summed E-state index contributed by atoms with van der Waals surface area (Å²) < 4.78 is 11.5. The molecule has 2 N–H and O–H groups in total. The Morgan fingerprint density at radius 1 is 1.46 bits per heavy atom. The Hall–Kier alpha value is -2.60. The molecule has 0 bridgehead atoms. The Labute approximate surface area is 165 Å². The third kappa shape index (κ3) is 4.81. The van der Waals surface area contributed by atoms with Crippen LogP contribution in [0.15, 0.2) is 28.7 Å². The van der Waals surface area contributed by atoms with Gasteiger partial charge in [0.25, 0.3) is 0 Å². The summed E-state index contributed by atoms with van der Waals surface area (Å²) >= 11 is 0. The smallest absolute Gasteiger partial charge is 0.325 e. The maximum absolute atomic E-state index is 11.6. The molecule has 2 atom stereocenters. The number of hydrogen-bond donors (Lipinski definition) is 2. The Morgan fingerprint density at radius 3 is 3.04 bits per heavy atom. The van der Waals surface area contributed by atoms with Gasteiger partial charge in [0, 0.05) is 12.5 Å². The molecule has 1 aromatic heterocycles. The summed E-state index contributed by atoms with van der Waals surface area (Å²) in [4.78, 5) is 16.1. The van der Waals surface area contributed by atoms with E-state index < -0.39 is 12.0 Å². The number of hydrogen-bond acceptors (Lipinski definition) is 5. The van der Waals surface area contributed by atoms with Gasteiger partial charge in [-0.25, -0.2) is 4.98 Å². The monoisotopic (exact) mass is 384 g/mol. The fraction of sp³-hybridized carbons (Fsp3) is 0.455. The van der Waals surface area contributed by atoms with Gasteiger partial charge in [0.2, 0.25) is 5.89 Å². The van der Waals surface area contributed by atoms with Gasteiger partial charge in [0.1, 0.15) is 17.6 Å². The van der Waals surface area contributed by atoms with Gasteiger partial charge in [-0.2, -0.15) is 0 Å². The number of oxazole rings is 1. The summed E-state index contributed by atoms with van der Waals surface area (Å²) in [6, 6.07) is 5.15. The highest BCUT2D eigenvalue weighted by Crippen LogP contribution is 2.29. The third-order valence-electron chi connectivity index (χ3n) is 4.89. The number of ether oxygens (including phenoxy) is 1. The Balaban J connectivity index is 1.63. The molecule has 2 aromatic rings. The van der Waals surface area contributed by atoms with Crippen LogP contribution < -0.4 is 10.1 Å². The second-order valence-corrected chi connectivity index (χ2v) is 7.25. The molecule has 28 heavy (non-hydrogen) atoms. The number of aromatic nitrogens is 1. The zero-order chi connectivity index (χ0) is 20.1. The summed E-state index contributed by atoms with van der Waals surface area (Å²) in [6.45, 7) is 6.48. The van der Waals surface area contributed by atoms with Gasteiger partial charge in [-0.15, -0.1) is 0 Å². The van der Waals surface area contributed by atoms with Gasteiger partial charge in [-0.3, -0.25) is 10.1 Å². The third-order valence-corrected chi connectivity index (χ3v) is 4.89. The number of unbranched alkanes of at least 4 members (excludes halogenated alkanes) is 1. The van der Waals surface area contributed by atoms with Crippen molar-refractivity contribution in [2.75, 3.05) is 6.61 Å². The first-order valence-corrected chi connectivity index (χ1v) is 9.85. The second kappa shape index (κ2) is 9.06. The molecule has 1 aliphatic heterocycles. The van der Waals surface area contributed by atoms with Gasteiger partial charge < -0.3 is 14.3 Å². The van der Waals surface area contributed by atoms with E-state index in [4.69, 9.17) is 9.15 Å². The van der Waals surface area contributed by atoms with Crippen molar-refractivity contribution in [1.29, 1.82) is 0 Å². The maximum atomic E-state index is 11.6. The quantitative estimate of drug-likeness (QED) is 0.713. The molecule has 1 aromatic carbocycles. The van der Waals surface area contributed by atoms with Crippen LogP contribution in [0.5, 0.6) is 5.75 Å². The Morgan fingerprint density at radius 2 is 2.29 bits per heavy atom. The van der Waals surface area contributed by atoms with E-state index in [1.165, 1.54) is 0 Å². The van der Waals surface area contributed by atoms with Gasteiger partial charge in [0.15, 0.2) is 0 Å². The molecular weight excluding hydrogens is 356 g/mol. The Bertz CT molecular complexity index is 856. The van der Waals surface area contributed by atoms with Crippen molar-refractivity contribution in [2.45, 2.75) is 58.5 Å². The lowest BCUT2D eigenvalue weighted by Crippen LogP contribution is -2.41. The number of nitrogens with zero attached hydrogens (tertiary/aromatic N) is 1. The van der Waals surface area contributed by atoms with E-state index in [2.05, 4.69) is 23.3 Å². The van der Waals surface area contributed by atoms with E-state index in [9.17, 15) is 9.90 Å². The normalized spacial score (nSPS) is 19.0. The van der Waals surface area contributed by atoms with Crippen LogP contribution in [-0.2, 0) is 17.6 Å². The number of rotatable bonds is 8. The van der Waals surface area contributed by atoms with Crippen LogP contribution in [0.3, 0.4) is 0 Å². The van der Waals surface area contributed by atoms with Gasteiger partial charge in [0.05, 0.1) is 12.3 Å². The van der Waals surface area contributed by atoms with Crippen LogP contribution in [-0.4, -0.2) is 28.7 Å². The summed E-state index contributed by atoms with van der Waals surface area (Å²) in [5, 5.41) is 12.6. The Kier molecular flexibility index (Phi) is 6.52. The number of aryl methyl sites for hydroxylation is 1. The molecule has 1 aliphatic rings. The average Bonchev–Trinajstić information content (AvgIpc) is 3.01. The molecule has 6 nitrogen and oxygen atoms in total. The highest BCUT2D eigenvalue weighted by Gasteiger charge is 2.29. The largest absolute Gasteiger partial charge is 0.493 e. The van der Waals surface area contributed by atoms with Crippen molar-refractivity contribution < 1.29 is 19.1 Å². The van der Waals surface area contributed by atoms with E-state index in [1.807, 2.05) is 38.1 Å². The summed E-state index contributed by atoms with van der Waals surface area (Å²) in [5.41, 5.74) is 2.72. The highest BCUT2D eigenvalue weighted by atomic mass is 16.5. The molecule has 3 rings (SSSR count). The van der Waals surface area contributed by atoms with E-state index in [1.54, 1.807) is 0 Å². The maximum Gasteiger partial charge on any atom is 0.325 e. The molecule has 150 valence electrons. The number of carboxylic acid groups (broad SMARTS) is 1. The zero-order valence-electron chi connectivity index (χ0n) is 16.7. The molecule has 0 saturated carbocycles. The predicted molar refractivity (Wildman–Crippen MR) is 108 cm³/mol. The number of carbonyl (C=O) groups is 1. The summed E-state index contributed by atoms with van der Waals surface area (Å²) in [6.07, 6.45) is 7.51. The minimum atomic E-state index is -0.869. The molecule has 0 amide bonds. The van der Waals surface area contributed by atoms with Crippen molar-refractivity contribution in [3.63, 3.8) is 0 Å². The molecule has 0 saturated heterocycles. The SMILES string of the molecule is CCCC=Cc1nc(CCOc2ccc3c(c2)C(C(=O)O)N[C@@H](C)C3)c(C)o1. The summed E-state index contributed by atoms with van der Waals surface area (Å²) in [7, 11) is 0. The number of fused-ring (bicyclic) bond motifs is 1. The molecule has 2 heterocycles. The lowest BCUT2D eigenvalue weighted by molar-refractivity contribution is -0.140. The number of aliphatic carboxylic acids is 1. The molecule has 0 radical (unpaired) electrons. The molecular formula is C22H28N2O4. The average molecular weight is 384 g/mol. The first-order valence-electron chi connectivity index (χ1n) is 9.85. The van der Waals surface area contributed by atoms with Crippen molar-refractivity contribution in [3.05, 3.63) is 52.7 Å². The first kappa shape index (κ1) is 20.1. The fourth-order valence-electron chi connectivity index (χ4n) is 3.45. The minimum Gasteiger partial charge on any atom is -0.493 e. The van der Waals surface area contributed by atoms with Crippen molar-refractivity contribution in [3.8, 4) is 5.75 Å². The summed E-state index contributed by atoms with van der Waals surface area (Å²) in [5.74, 6) is 1.23. The van der Waals surface area contributed by atoms with Crippen molar-refractivity contribution >= 4 is 12.0 Å². The topological polar surface area (TPSA) is 84.6 Å². The first-order chi connectivity index (χ1) is 13.5. The van der Waals surface area contributed by atoms with Crippen LogP contribution in [0.4, 0.5) is 0 Å². The standard InChI is InChI=1S/C22H28N2O4/c1-4-5-6-7-20-24-19(15(3)28-20)10-11-27-17-9-8-16-12-14(2)23-21(22(25)26)18(16)13-17/h6-9,13-14,21,23H,4-5,10-12H2,1-3H3,(H,25,26)/t14-,21?/m0/s1. The number of allylic oxidation sites excluding steroid dienone is 1. The van der Waals surface area contributed by atoms with Crippen molar-refractivity contribution in [2.24, 2.45) is 0 Å². The van der Waals surface area contributed by atoms with E-state index in [0.717, 1.165) is 41.8 Å². The van der Waals surface area contributed by atoms with E-state index in [-0.39, 0.29) is 6.04 Å². The van der Waals surface area contributed by atoms with Gasteiger partial charge in [-0.1, -0.05) is 25.5 Å². The molecule has 0 aliphatic carbocycles. The predicted octanol–water partition coefficient (Wildman–Crippen LogP) is 4.08. The van der Waals surface area contributed by atoms with Crippen LogP contribution in [0.2, 0.25) is 0 Å². The van der Waals surface area contributed by atoms with Gasteiger partial charge >= 0.3 is 5.97 Å². The lowest BCUT2D eigenvalue weighted by atomic mass is 9.90. The fourth-order valence-corrected chi connectivity index (χ4v) is 3.45. The van der Waals surface area contributed by atoms with E-state index in [0.29, 0.717) is 24.7 Å².